The Labute approximate surface area is 255 Å². The Hall–Kier alpha value is -4.09. The molecule has 1 atom stereocenters. The van der Waals surface area contributed by atoms with E-state index >= 15 is 0 Å². The highest BCUT2D eigenvalue weighted by atomic mass is 35.5. The van der Waals surface area contributed by atoms with Gasteiger partial charge in [-0.15, -0.1) is 11.6 Å². The number of carboxylic acid groups (broad SMARTS) is 1. The SMILES string of the molecule is CCOc1ccc2c(c1)C(C)(c1cc(C(=O)O)ccc1CCl)C(=O)N2S(=O)(=O)c1ccc(C(=O)NC(C)(C)C)cc1OC. The van der Waals surface area contributed by atoms with Gasteiger partial charge in [0.25, 0.3) is 21.8 Å². The van der Waals surface area contributed by atoms with Crippen LogP contribution in [0.4, 0.5) is 5.69 Å². The number of methoxy groups -OCH3 is 1. The van der Waals surface area contributed by atoms with Crippen molar-refractivity contribution in [2.75, 3.05) is 18.0 Å². The summed E-state index contributed by atoms with van der Waals surface area (Å²) < 4.78 is 40.4. The molecule has 1 aliphatic heterocycles. The molecule has 43 heavy (non-hydrogen) atoms. The smallest absolute Gasteiger partial charge is 0.335 e. The van der Waals surface area contributed by atoms with Crippen LogP contribution >= 0.6 is 11.6 Å². The minimum atomic E-state index is -4.63. The van der Waals surface area contributed by atoms with Crippen molar-refractivity contribution in [3.8, 4) is 11.5 Å². The van der Waals surface area contributed by atoms with E-state index in [2.05, 4.69) is 5.32 Å². The summed E-state index contributed by atoms with van der Waals surface area (Å²) in [7, 11) is -3.37. The number of amides is 2. The molecule has 0 saturated heterocycles. The van der Waals surface area contributed by atoms with E-state index in [1.165, 1.54) is 56.5 Å². The zero-order chi connectivity index (χ0) is 31.9. The van der Waals surface area contributed by atoms with Crippen molar-refractivity contribution in [3.63, 3.8) is 0 Å². The molecule has 10 nitrogen and oxygen atoms in total. The van der Waals surface area contributed by atoms with Crippen LogP contribution in [0.25, 0.3) is 0 Å². The van der Waals surface area contributed by atoms with Gasteiger partial charge in [-0.1, -0.05) is 6.07 Å². The largest absolute Gasteiger partial charge is 0.495 e. The van der Waals surface area contributed by atoms with Crippen molar-refractivity contribution in [1.82, 2.24) is 5.32 Å². The maximum absolute atomic E-state index is 14.5. The number of hydrogen-bond acceptors (Lipinski definition) is 7. The first kappa shape index (κ1) is 31.8. The quantitative estimate of drug-likeness (QED) is 0.312. The first-order valence-corrected chi connectivity index (χ1v) is 15.4. The van der Waals surface area contributed by atoms with Gasteiger partial charge in [-0.05, 0) is 94.3 Å². The van der Waals surface area contributed by atoms with E-state index in [1.807, 2.05) is 20.8 Å². The summed E-state index contributed by atoms with van der Waals surface area (Å²) in [4.78, 5) is 38.8. The maximum atomic E-state index is 14.5. The number of carbonyl (C=O) groups excluding carboxylic acids is 2. The zero-order valence-electron chi connectivity index (χ0n) is 24.6. The molecule has 2 N–H and O–H groups in total. The highest BCUT2D eigenvalue weighted by Crippen LogP contribution is 2.51. The second kappa shape index (κ2) is 11.5. The van der Waals surface area contributed by atoms with E-state index in [9.17, 15) is 27.9 Å². The summed E-state index contributed by atoms with van der Waals surface area (Å²) in [5.74, 6) is -2.29. The van der Waals surface area contributed by atoms with Crippen LogP contribution in [0.2, 0.25) is 0 Å². The standard InChI is InChI=1S/C31H33ClN2O8S/c1-7-42-21-11-12-24-23(16-21)31(5,22-14-19(28(36)37)8-9-20(22)17-32)29(38)34(24)43(39,40)26-13-10-18(15-25(26)41-6)27(35)33-30(2,3)4/h8-16H,7,17H2,1-6H3,(H,33,35)(H,36,37). The Balaban J connectivity index is 1.94. The predicted octanol–water partition coefficient (Wildman–Crippen LogP) is 5.10. The fourth-order valence-electron chi connectivity index (χ4n) is 5.10. The zero-order valence-corrected chi connectivity index (χ0v) is 26.2. The third-order valence-electron chi connectivity index (χ3n) is 7.12. The van der Waals surface area contributed by atoms with E-state index in [4.69, 9.17) is 21.1 Å². The van der Waals surface area contributed by atoms with E-state index in [1.54, 1.807) is 19.1 Å². The molecule has 12 heteroatoms. The number of fused-ring (bicyclic) bond motifs is 1. The molecule has 4 rings (SSSR count). The molecular formula is C31H33ClN2O8S. The summed E-state index contributed by atoms with van der Waals surface area (Å²) in [6, 6.07) is 12.7. The summed E-state index contributed by atoms with van der Waals surface area (Å²) >= 11 is 6.24. The van der Waals surface area contributed by atoms with Gasteiger partial charge in [0.05, 0.1) is 25.0 Å². The molecule has 1 aliphatic rings. The van der Waals surface area contributed by atoms with Crippen molar-refractivity contribution in [2.24, 2.45) is 0 Å². The number of aromatic carboxylic acids is 1. The van der Waals surface area contributed by atoms with Crippen LogP contribution in [-0.2, 0) is 26.1 Å². The highest BCUT2D eigenvalue weighted by Gasteiger charge is 2.54. The second-order valence-electron chi connectivity index (χ2n) is 11.2. The van der Waals surface area contributed by atoms with Gasteiger partial charge in [-0.25, -0.2) is 17.5 Å². The molecule has 228 valence electrons. The summed E-state index contributed by atoms with van der Waals surface area (Å²) in [6.07, 6.45) is 0. The molecule has 0 spiro atoms. The Morgan fingerprint density at radius 1 is 1.02 bits per heavy atom. The predicted molar refractivity (Wildman–Crippen MR) is 162 cm³/mol. The molecule has 1 heterocycles. The molecule has 0 radical (unpaired) electrons. The minimum absolute atomic E-state index is 0.0583. The van der Waals surface area contributed by atoms with Crippen LogP contribution in [0.15, 0.2) is 59.5 Å². The molecule has 0 aliphatic carbocycles. The average molecular weight is 629 g/mol. The molecule has 3 aromatic carbocycles. The van der Waals surface area contributed by atoms with E-state index in [0.717, 1.165) is 0 Å². The number of hydrogen-bond donors (Lipinski definition) is 2. The molecule has 0 bridgehead atoms. The molecule has 3 aromatic rings. The number of nitrogens with one attached hydrogen (secondary N) is 1. The Morgan fingerprint density at radius 3 is 2.28 bits per heavy atom. The Kier molecular flexibility index (Phi) is 8.54. The average Bonchev–Trinajstić information content (AvgIpc) is 3.18. The van der Waals surface area contributed by atoms with Gasteiger partial charge in [0.1, 0.15) is 21.8 Å². The van der Waals surface area contributed by atoms with Crippen LogP contribution in [0.3, 0.4) is 0 Å². The number of carbonyl (C=O) groups is 3. The van der Waals surface area contributed by atoms with Crippen molar-refractivity contribution < 1.29 is 37.4 Å². The number of ether oxygens (including phenoxy) is 2. The maximum Gasteiger partial charge on any atom is 0.335 e. The fourth-order valence-corrected chi connectivity index (χ4v) is 6.99. The molecule has 1 unspecified atom stereocenters. The molecular weight excluding hydrogens is 596 g/mol. The van der Waals surface area contributed by atoms with E-state index in [-0.39, 0.29) is 38.9 Å². The second-order valence-corrected chi connectivity index (χ2v) is 13.2. The van der Waals surface area contributed by atoms with Gasteiger partial charge in [0.15, 0.2) is 0 Å². The molecule has 2 amide bonds. The summed E-state index contributed by atoms with van der Waals surface area (Å²) in [6.45, 7) is 9.08. The first-order valence-electron chi connectivity index (χ1n) is 13.4. The molecule has 0 fully saturated rings. The van der Waals surface area contributed by atoms with Gasteiger partial charge in [-0.3, -0.25) is 9.59 Å². The number of benzene rings is 3. The lowest BCUT2D eigenvalue weighted by molar-refractivity contribution is -0.120. The van der Waals surface area contributed by atoms with Crippen LogP contribution in [-0.4, -0.2) is 50.6 Å². The molecule has 0 saturated carbocycles. The number of carboxylic acids is 1. The third-order valence-corrected chi connectivity index (χ3v) is 9.15. The van der Waals surface area contributed by atoms with Crippen LogP contribution < -0.4 is 19.1 Å². The van der Waals surface area contributed by atoms with Gasteiger partial charge in [0.2, 0.25) is 0 Å². The van der Waals surface area contributed by atoms with Gasteiger partial charge >= 0.3 is 5.97 Å². The number of nitrogens with zero attached hydrogens (tertiary/aromatic N) is 1. The monoisotopic (exact) mass is 628 g/mol. The lowest BCUT2D eigenvalue weighted by Gasteiger charge is -2.27. The topological polar surface area (TPSA) is 139 Å². The summed E-state index contributed by atoms with van der Waals surface area (Å²) in [5.41, 5.74) is -1.05. The van der Waals surface area contributed by atoms with Crippen LogP contribution in [0, 0.1) is 0 Å². The number of halogens is 1. The van der Waals surface area contributed by atoms with Gasteiger partial charge in [0, 0.05) is 22.5 Å². The van der Waals surface area contributed by atoms with Crippen molar-refractivity contribution in [3.05, 3.63) is 82.4 Å². The van der Waals surface area contributed by atoms with E-state index < -0.39 is 38.8 Å². The fraction of sp³-hybridized carbons (Fsp3) is 0.323. The van der Waals surface area contributed by atoms with Gasteiger partial charge < -0.3 is 19.9 Å². The minimum Gasteiger partial charge on any atom is -0.495 e. The highest BCUT2D eigenvalue weighted by molar-refractivity contribution is 7.93. The lowest BCUT2D eigenvalue weighted by atomic mass is 9.75. The summed E-state index contributed by atoms with van der Waals surface area (Å²) in [5, 5.41) is 12.5. The normalized spacial score (nSPS) is 16.5. The molecule has 0 aromatic heterocycles. The lowest BCUT2D eigenvalue weighted by Crippen LogP contribution is -2.43. The van der Waals surface area contributed by atoms with Crippen molar-refractivity contribution >= 4 is 45.1 Å². The Morgan fingerprint density at radius 2 is 1.70 bits per heavy atom. The third kappa shape index (κ3) is 5.66. The van der Waals surface area contributed by atoms with Gasteiger partial charge in [-0.2, -0.15) is 0 Å². The van der Waals surface area contributed by atoms with E-state index in [0.29, 0.717) is 27.8 Å². The number of rotatable bonds is 9. The van der Waals surface area contributed by atoms with Crippen molar-refractivity contribution in [2.45, 2.75) is 56.3 Å². The Bertz CT molecular complexity index is 1730. The number of anilines is 1. The number of alkyl halides is 1. The van der Waals surface area contributed by atoms with Crippen LogP contribution in [0.5, 0.6) is 11.5 Å². The first-order chi connectivity index (χ1) is 20.1. The van der Waals surface area contributed by atoms with Crippen molar-refractivity contribution in [1.29, 1.82) is 0 Å². The number of sulfonamides is 1. The van der Waals surface area contributed by atoms with Crippen LogP contribution in [0.1, 0.15) is 72.0 Å².